The van der Waals surface area contributed by atoms with Crippen molar-refractivity contribution >= 4 is 40.0 Å². The largest absolute Gasteiger partial charge is 0.493 e. The number of amides is 1. The Morgan fingerprint density at radius 2 is 1.69 bits per heavy atom. The molecule has 0 bridgehead atoms. The van der Waals surface area contributed by atoms with Crippen molar-refractivity contribution in [2.24, 2.45) is 15.3 Å². The van der Waals surface area contributed by atoms with Crippen molar-refractivity contribution in [2.45, 2.75) is 0 Å². The molecule has 0 aliphatic rings. The van der Waals surface area contributed by atoms with Crippen molar-refractivity contribution in [2.75, 3.05) is 14.2 Å². The number of methoxy groups -OCH3 is 2. The molecule has 4 aromatic rings. The van der Waals surface area contributed by atoms with E-state index in [0.717, 1.165) is 0 Å². The number of amidine groups is 1. The van der Waals surface area contributed by atoms with Crippen LogP contribution >= 0.6 is 11.6 Å². The van der Waals surface area contributed by atoms with Crippen molar-refractivity contribution in [3.05, 3.63) is 99.4 Å². The van der Waals surface area contributed by atoms with Crippen LogP contribution in [0.1, 0.15) is 15.9 Å². The lowest BCUT2D eigenvalue weighted by atomic mass is 10.2. The van der Waals surface area contributed by atoms with Gasteiger partial charge in [-0.1, -0.05) is 29.8 Å². The minimum Gasteiger partial charge on any atom is -0.493 e. The highest BCUT2D eigenvalue weighted by Crippen LogP contribution is 2.28. The molecule has 0 radical (unpaired) electrons. The maximum atomic E-state index is 12.8. The second-order valence-electron chi connectivity index (χ2n) is 7.11. The van der Waals surface area contributed by atoms with Gasteiger partial charge in [-0.3, -0.25) is 4.79 Å². The van der Waals surface area contributed by atoms with Gasteiger partial charge in [0.25, 0.3) is 5.91 Å². The monoisotopic (exact) mass is 490 g/mol. The predicted octanol–water partition coefficient (Wildman–Crippen LogP) is 5.34. The Bertz CT molecular complexity index is 1500. The van der Waals surface area contributed by atoms with E-state index in [1.54, 1.807) is 66.7 Å². The number of carbonyl (C=O) groups excluding carboxylic acids is 1. The molecule has 0 aliphatic heterocycles. The zero-order valence-electron chi connectivity index (χ0n) is 18.7. The van der Waals surface area contributed by atoms with Gasteiger partial charge in [0.15, 0.2) is 11.5 Å². The lowest BCUT2D eigenvalue weighted by molar-refractivity contribution is 0.0951. The molecule has 1 heterocycles. The first-order valence-corrected chi connectivity index (χ1v) is 10.7. The summed E-state index contributed by atoms with van der Waals surface area (Å²) in [5.41, 5.74) is 2.74. The Balaban J connectivity index is 1.69. The molecule has 0 saturated heterocycles. The quantitative estimate of drug-likeness (QED) is 0.129. The minimum atomic E-state index is -0.785. The molecule has 35 heavy (non-hydrogen) atoms. The van der Waals surface area contributed by atoms with Gasteiger partial charge in [0, 0.05) is 16.0 Å². The summed E-state index contributed by atoms with van der Waals surface area (Å²) in [6.07, 6.45) is 0. The number of hydrogen-bond donors (Lipinski definition) is 1. The van der Waals surface area contributed by atoms with Crippen molar-refractivity contribution < 1.29 is 18.7 Å². The first-order valence-electron chi connectivity index (χ1n) is 10.3. The highest BCUT2D eigenvalue weighted by molar-refractivity contribution is 6.30. The number of nitrogens with one attached hydrogen (secondary N) is 1. The number of azo groups is 1. The van der Waals surface area contributed by atoms with E-state index in [1.807, 2.05) is 0 Å². The standard InChI is InChI=1S/C25H19ClN4O5/c1-33-21-12-7-16(14-22(21)34-2)23(28-27-18-10-8-17(26)9-11-18)29-30-24(31)19-13-15-5-3-4-6-20(15)35-25(19)32/h3-14H,1-2H3,(H,30,31)/b28-27?,29-23+. The topological polar surface area (TPSA) is 115 Å². The van der Waals surface area contributed by atoms with Crippen molar-refractivity contribution in [3.8, 4) is 11.5 Å². The third-order valence-corrected chi connectivity index (χ3v) is 5.13. The second kappa shape index (κ2) is 10.6. The first kappa shape index (κ1) is 23.7. The molecule has 0 unspecified atom stereocenters. The van der Waals surface area contributed by atoms with Crippen LogP contribution in [0.5, 0.6) is 11.5 Å². The lowest BCUT2D eigenvalue weighted by Crippen LogP contribution is -2.25. The van der Waals surface area contributed by atoms with Gasteiger partial charge in [-0.05, 0) is 54.6 Å². The number of nitrogens with zero attached hydrogens (tertiary/aromatic N) is 3. The molecule has 0 atom stereocenters. The van der Waals surface area contributed by atoms with Crippen LogP contribution in [0.4, 0.5) is 5.69 Å². The molecular formula is C25H19ClN4O5. The number of benzene rings is 3. The predicted molar refractivity (Wildman–Crippen MR) is 132 cm³/mol. The number of fused-ring (bicyclic) bond motifs is 1. The van der Waals surface area contributed by atoms with E-state index in [0.29, 0.717) is 38.7 Å². The van der Waals surface area contributed by atoms with E-state index < -0.39 is 11.5 Å². The van der Waals surface area contributed by atoms with Crippen molar-refractivity contribution in [1.82, 2.24) is 5.43 Å². The van der Waals surface area contributed by atoms with E-state index in [-0.39, 0.29) is 11.4 Å². The summed E-state index contributed by atoms with van der Waals surface area (Å²) < 4.78 is 15.8. The van der Waals surface area contributed by atoms with Crippen molar-refractivity contribution in [1.29, 1.82) is 0 Å². The van der Waals surface area contributed by atoms with Crippen molar-refractivity contribution in [3.63, 3.8) is 0 Å². The van der Waals surface area contributed by atoms with Gasteiger partial charge in [-0.2, -0.15) is 0 Å². The van der Waals surface area contributed by atoms with E-state index in [2.05, 4.69) is 20.8 Å². The Kier molecular flexibility index (Phi) is 7.18. The Hall–Kier alpha value is -4.50. The van der Waals surface area contributed by atoms with E-state index in [9.17, 15) is 9.59 Å². The van der Waals surface area contributed by atoms with Crippen LogP contribution < -0.4 is 20.5 Å². The highest BCUT2D eigenvalue weighted by atomic mass is 35.5. The van der Waals surface area contributed by atoms with Gasteiger partial charge in [-0.25, -0.2) is 10.2 Å². The average molecular weight is 491 g/mol. The fraction of sp³-hybridized carbons (Fsp3) is 0.0800. The molecular weight excluding hydrogens is 472 g/mol. The molecule has 0 spiro atoms. The van der Waals surface area contributed by atoms with Crippen LogP contribution in [0.3, 0.4) is 0 Å². The van der Waals surface area contributed by atoms with Crippen LogP contribution in [-0.4, -0.2) is 26.0 Å². The van der Waals surface area contributed by atoms with Crippen LogP contribution in [0.25, 0.3) is 11.0 Å². The SMILES string of the molecule is COc1ccc(/C(N=Nc2ccc(Cl)cc2)=N\NC(=O)c2cc3ccccc3oc2=O)cc1OC. The molecule has 1 N–H and O–H groups in total. The molecule has 0 saturated carbocycles. The first-order chi connectivity index (χ1) is 17.0. The Labute approximate surface area is 204 Å². The van der Waals surface area contributed by atoms with E-state index in [4.69, 9.17) is 25.5 Å². The van der Waals surface area contributed by atoms with Crippen LogP contribution in [0.2, 0.25) is 5.02 Å². The summed E-state index contributed by atoms with van der Waals surface area (Å²) in [5, 5.41) is 13.6. The van der Waals surface area contributed by atoms with Gasteiger partial charge < -0.3 is 13.9 Å². The zero-order chi connectivity index (χ0) is 24.8. The summed E-state index contributed by atoms with van der Waals surface area (Å²) in [7, 11) is 3.01. The van der Waals surface area contributed by atoms with Gasteiger partial charge in [0.2, 0.25) is 5.84 Å². The normalized spacial score (nSPS) is 11.6. The number of halogens is 1. The smallest absolute Gasteiger partial charge is 0.349 e. The molecule has 4 rings (SSSR count). The molecule has 1 amide bonds. The summed E-state index contributed by atoms with van der Waals surface area (Å²) in [6, 6.07) is 20.0. The number of hydrazone groups is 1. The van der Waals surface area contributed by atoms with Crippen LogP contribution in [-0.2, 0) is 0 Å². The Morgan fingerprint density at radius 3 is 2.43 bits per heavy atom. The fourth-order valence-corrected chi connectivity index (χ4v) is 3.24. The number of rotatable bonds is 6. The average Bonchev–Trinajstić information content (AvgIpc) is 2.88. The molecule has 0 aliphatic carbocycles. The Morgan fingerprint density at radius 1 is 0.943 bits per heavy atom. The summed E-state index contributed by atoms with van der Waals surface area (Å²) in [6.45, 7) is 0. The highest BCUT2D eigenvalue weighted by Gasteiger charge is 2.15. The van der Waals surface area contributed by atoms with Crippen LogP contribution in [0.15, 0.2) is 97.3 Å². The van der Waals surface area contributed by atoms with Crippen LogP contribution in [0, 0.1) is 0 Å². The van der Waals surface area contributed by atoms with Gasteiger partial charge in [0.05, 0.1) is 19.9 Å². The molecule has 1 aromatic heterocycles. The summed E-state index contributed by atoms with van der Waals surface area (Å²) in [4.78, 5) is 25.1. The molecule has 10 heteroatoms. The number of hydrogen-bond acceptors (Lipinski definition) is 7. The number of para-hydroxylation sites is 1. The third kappa shape index (κ3) is 5.53. The lowest BCUT2D eigenvalue weighted by Gasteiger charge is -2.09. The fourth-order valence-electron chi connectivity index (χ4n) is 3.12. The zero-order valence-corrected chi connectivity index (χ0v) is 19.4. The molecule has 0 fully saturated rings. The van der Waals surface area contributed by atoms with Gasteiger partial charge in [-0.15, -0.1) is 15.3 Å². The van der Waals surface area contributed by atoms with Gasteiger partial charge in [0.1, 0.15) is 11.1 Å². The minimum absolute atomic E-state index is 0.0550. The number of carbonyl (C=O) groups is 1. The third-order valence-electron chi connectivity index (χ3n) is 4.88. The molecule has 3 aromatic carbocycles. The molecule has 9 nitrogen and oxygen atoms in total. The van der Waals surface area contributed by atoms with Gasteiger partial charge >= 0.3 is 5.63 Å². The number of ether oxygens (including phenoxy) is 2. The maximum Gasteiger partial charge on any atom is 0.349 e. The second-order valence-corrected chi connectivity index (χ2v) is 7.54. The summed E-state index contributed by atoms with van der Waals surface area (Å²) in [5.74, 6) is 0.229. The maximum absolute atomic E-state index is 12.8. The van der Waals surface area contributed by atoms with E-state index in [1.165, 1.54) is 20.3 Å². The summed E-state index contributed by atoms with van der Waals surface area (Å²) >= 11 is 5.92. The molecule has 176 valence electrons. The van der Waals surface area contributed by atoms with E-state index >= 15 is 0 Å².